The first kappa shape index (κ1) is 27.4. The number of benzene rings is 1. The fraction of sp³-hybridized carbons (Fsp3) is 0.500. The molecule has 1 aromatic carbocycles. The quantitative estimate of drug-likeness (QED) is 0.541. The normalized spacial score (nSPS) is 17.3. The average molecular weight is 491 g/mol. The number of hydrogen-bond donors (Lipinski definition) is 2. The number of halogens is 1. The van der Waals surface area contributed by atoms with Crippen molar-refractivity contribution in [1.29, 1.82) is 0 Å². The van der Waals surface area contributed by atoms with Crippen molar-refractivity contribution in [1.82, 2.24) is 10.6 Å². The third kappa shape index (κ3) is 6.63. The van der Waals surface area contributed by atoms with Gasteiger partial charge >= 0.3 is 11.9 Å². The third-order valence-corrected chi connectivity index (χ3v) is 5.67. The van der Waals surface area contributed by atoms with E-state index in [1.54, 1.807) is 58.9 Å². The van der Waals surface area contributed by atoms with Crippen molar-refractivity contribution in [2.24, 2.45) is 5.92 Å². The maximum Gasteiger partial charge on any atom is 0.336 e. The van der Waals surface area contributed by atoms with Gasteiger partial charge in [-0.15, -0.1) is 0 Å². The smallest absolute Gasteiger partial charge is 0.336 e. The number of esters is 2. The SMILES string of the molecule is COC(=O)C1=C(C)NC(C)=C(C(=O)NC(CC(C)C)C(=O)OC(C)(C)C)[C@@H]1c1ccccc1Cl. The summed E-state index contributed by atoms with van der Waals surface area (Å²) in [6, 6.07) is 6.19. The van der Waals surface area contributed by atoms with Gasteiger partial charge in [0.1, 0.15) is 11.6 Å². The van der Waals surface area contributed by atoms with E-state index in [4.69, 9.17) is 21.1 Å². The monoisotopic (exact) mass is 490 g/mol. The van der Waals surface area contributed by atoms with Crippen LogP contribution in [0.3, 0.4) is 0 Å². The number of dihydropyridines is 1. The summed E-state index contributed by atoms with van der Waals surface area (Å²) in [4.78, 5) is 39.4. The minimum absolute atomic E-state index is 0.129. The van der Waals surface area contributed by atoms with E-state index in [0.717, 1.165) is 0 Å². The predicted octanol–water partition coefficient (Wildman–Crippen LogP) is 4.62. The standard InChI is InChI=1S/C26H35ClN2O5/c1-14(2)13-19(24(31)34-26(5,6)7)29-23(30)20-15(3)28-16(4)21(25(32)33-8)22(20)17-11-9-10-12-18(17)27/h9-12,14,19,22,28H,13H2,1-8H3,(H,29,30)/t19?,22-/m0/s1. The molecule has 1 aliphatic heterocycles. The molecule has 2 rings (SSSR count). The number of methoxy groups -OCH3 is 1. The molecule has 1 aliphatic rings. The lowest BCUT2D eigenvalue weighted by Gasteiger charge is -2.32. The molecular weight excluding hydrogens is 456 g/mol. The van der Waals surface area contributed by atoms with Gasteiger partial charge in [-0.2, -0.15) is 0 Å². The van der Waals surface area contributed by atoms with Crippen LogP contribution in [-0.4, -0.2) is 36.6 Å². The fourth-order valence-electron chi connectivity index (χ4n) is 3.99. The van der Waals surface area contributed by atoms with Crippen LogP contribution in [0.2, 0.25) is 5.02 Å². The molecule has 1 aromatic rings. The van der Waals surface area contributed by atoms with Crippen molar-refractivity contribution in [3.8, 4) is 0 Å². The molecule has 0 fully saturated rings. The Hall–Kier alpha value is -2.80. The number of carbonyl (C=O) groups excluding carboxylic acids is 3. The lowest BCUT2D eigenvalue weighted by Crippen LogP contribution is -2.47. The van der Waals surface area contributed by atoms with Crippen LogP contribution in [0, 0.1) is 5.92 Å². The zero-order valence-electron chi connectivity index (χ0n) is 21.2. The Morgan fingerprint density at radius 1 is 1.09 bits per heavy atom. The van der Waals surface area contributed by atoms with Gasteiger partial charge in [-0.1, -0.05) is 43.6 Å². The van der Waals surface area contributed by atoms with Crippen LogP contribution in [0.4, 0.5) is 0 Å². The molecule has 0 radical (unpaired) electrons. The van der Waals surface area contributed by atoms with Crippen LogP contribution in [0.25, 0.3) is 0 Å². The summed E-state index contributed by atoms with van der Waals surface area (Å²) < 4.78 is 10.6. The summed E-state index contributed by atoms with van der Waals surface area (Å²) in [6.45, 7) is 12.8. The molecule has 2 N–H and O–H groups in total. The van der Waals surface area contributed by atoms with E-state index in [0.29, 0.717) is 28.4 Å². The summed E-state index contributed by atoms with van der Waals surface area (Å²) in [6.07, 6.45) is 0.399. The second kappa shape index (κ2) is 11.1. The molecule has 1 unspecified atom stereocenters. The zero-order valence-corrected chi connectivity index (χ0v) is 21.9. The molecule has 1 heterocycles. The van der Waals surface area contributed by atoms with Gasteiger partial charge in [0, 0.05) is 22.0 Å². The van der Waals surface area contributed by atoms with Gasteiger partial charge in [0.2, 0.25) is 0 Å². The van der Waals surface area contributed by atoms with Gasteiger partial charge in [-0.05, 0) is 58.6 Å². The molecule has 0 bridgehead atoms. The van der Waals surface area contributed by atoms with Crippen LogP contribution >= 0.6 is 11.6 Å². The van der Waals surface area contributed by atoms with Gasteiger partial charge in [0.25, 0.3) is 5.91 Å². The van der Waals surface area contributed by atoms with Crippen LogP contribution in [0.15, 0.2) is 46.8 Å². The first-order valence-electron chi connectivity index (χ1n) is 11.3. The largest absolute Gasteiger partial charge is 0.466 e. The number of allylic oxidation sites excluding steroid dienone is 2. The molecule has 186 valence electrons. The Kier molecular flexibility index (Phi) is 8.95. The average Bonchev–Trinajstić information content (AvgIpc) is 2.71. The van der Waals surface area contributed by atoms with Crippen molar-refractivity contribution in [2.75, 3.05) is 7.11 Å². The Balaban J connectivity index is 2.55. The van der Waals surface area contributed by atoms with Crippen molar-refractivity contribution in [3.63, 3.8) is 0 Å². The highest BCUT2D eigenvalue weighted by atomic mass is 35.5. The van der Waals surface area contributed by atoms with Crippen molar-refractivity contribution < 1.29 is 23.9 Å². The maximum absolute atomic E-state index is 13.7. The van der Waals surface area contributed by atoms with Gasteiger partial charge in [-0.3, -0.25) is 4.79 Å². The molecule has 0 spiro atoms. The van der Waals surface area contributed by atoms with E-state index in [9.17, 15) is 14.4 Å². The van der Waals surface area contributed by atoms with E-state index in [1.807, 2.05) is 13.8 Å². The predicted molar refractivity (Wildman–Crippen MR) is 132 cm³/mol. The Morgan fingerprint density at radius 3 is 2.21 bits per heavy atom. The fourth-order valence-corrected chi connectivity index (χ4v) is 4.23. The minimum atomic E-state index is -0.854. The Bertz CT molecular complexity index is 1020. The molecule has 1 amide bonds. The number of carbonyl (C=O) groups is 3. The molecule has 34 heavy (non-hydrogen) atoms. The summed E-state index contributed by atoms with van der Waals surface area (Å²) >= 11 is 6.51. The maximum atomic E-state index is 13.7. The molecule has 0 saturated carbocycles. The summed E-state index contributed by atoms with van der Waals surface area (Å²) in [5.41, 5.74) is 1.58. The minimum Gasteiger partial charge on any atom is -0.466 e. The van der Waals surface area contributed by atoms with Crippen molar-refractivity contribution in [3.05, 3.63) is 57.4 Å². The van der Waals surface area contributed by atoms with E-state index >= 15 is 0 Å². The lowest BCUT2D eigenvalue weighted by atomic mass is 9.80. The van der Waals surface area contributed by atoms with E-state index in [1.165, 1.54) is 7.11 Å². The van der Waals surface area contributed by atoms with Crippen LogP contribution < -0.4 is 10.6 Å². The highest BCUT2D eigenvalue weighted by Crippen LogP contribution is 2.41. The Morgan fingerprint density at radius 2 is 1.68 bits per heavy atom. The first-order valence-corrected chi connectivity index (χ1v) is 11.7. The second-order valence-electron chi connectivity index (χ2n) is 9.84. The summed E-state index contributed by atoms with van der Waals surface area (Å²) in [5, 5.41) is 6.38. The highest BCUT2D eigenvalue weighted by molar-refractivity contribution is 6.31. The highest BCUT2D eigenvalue weighted by Gasteiger charge is 2.39. The van der Waals surface area contributed by atoms with E-state index in [2.05, 4.69) is 10.6 Å². The molecule has 0 aromatic heterocycles. The van der Waals surface area contributed by atoms with Crippen LogP contribution in [0.5, 0.6) is 0 Å². The van der Waals surface area contributed by atoms with Gasteiger partial charge in [-0.25, -0.2) is 9.59 Å². The first-order chi connectivity index (χ1) is 15.8. The molecule has 2 atom stereocenters. The van der Waals surface area contributed by atoms with Crippen LogP contribution in [-0.2, 0) is 23.9 Å². The Labute approximate surface area is 206 Å². The molecule has 8 heteroatoms. The lowest BCUT2D eigenvalue weighted by molar-refractivity contribution is -0.159. The van der Waals surface area contributed by atoms with Gasteiger partial charge < -0.3 is 20.1 Å². The van der Waals surface area contributed by atoms with Gasteiger partial charge in [0.05, 0.1) is 18.6 Å². The molecule has 7 nitrogen and oxygen atoms in total. The number of rotatable bonds is 7. The summed E-state index contributed by atoms with van der Waals surface area (Å²) in [5.74, 6) is -2.21. The zero-order chi connectivity index (χ0) is 25.8. The topological polar surface area (TPSA) is 93.7 Å². The second-order valence-corrected chi connectivity index (χ2v) is 10.2. The number of ether oxygens (including phenoxy) is 2. The number of amides is 1. The van der Waals surface area contributed by atoms with Crippen molar-refractivity contribution in [2.45, 2.75) is 72.4 Å². The molecule has 0 saturated heterocycles. The van der Waals surface area contributed by atoms with Gasteiger partial charge in [0.15, 0.2) is 0 Å². The van der Waals surface area contributed by atoms with Crippen molar-refractivity contribution >= 4 is 29.4 Å². The molecular formula is C26H35ClN2O5. The number of nitrogens with one attached hydrogen (secondary N) is 2. The summed E-state index contributed by atoms with van der Waals surface area (Å²) in [7, 11) is 1.29. The van der Waals surface area contributed by atoms with Crippen LogP contribution in [0.1, 0.15) is 66.4 Å². The molecule has 0 aliphatic carbocycles. The third-order valence-electron chi connectivity index (χ3n) is 5.33. The van der Waals surface area contributed by atoms with E-state index in [-0.39, 0.29) is 17.1 Å². The number of hydrogen-bond acceptors (Lipinski definition) is 6. The van der Waals surface area contributed by atoms with E-state index < -0.39 is 35.4 Å².